The highest BCUT2D eigenvalue weighted by Gasteiger charge is 2.21. The SMILES string of the molecule is COc1cccc(-c2nc(NCC(Cc3cccc(O)c3)C(=O)O)sc2C(C)C)c1. The Hall–Kier alpha value is -3.06. The highest BCUT2D eigenvalue weighted by atomic mass is 32.1. The van der Waals surface area contributed by atoms with Crippen LogP contribution in [0, 0.1) is 5.92 Å². The smallest absolute Gasteiger partial charge is 0.308 e. The number of ether oxygens (including phenoxy) is 1. The Balaban J connectivity index is 1.79. The van der Waals surface area contributed by atoms with E-state index in [4.69, 9.17) is 9.72 Å². The number of carbonyl (C=O) groups is 1. The lowest BCUT2D eigenvalue weighted by molar-refractivity contribution is -0.141. The van der Waals surface area contributed by atoms with Crippen molar-refractivity contribution in [3.8, 4) is 22.8 Å². The Kier molecular flexibility index (Phi) is 6.95. The minimum Gasteiger partial charge on any atom is -0.508 e. The first-order valence-electron chi connectivity index (χ1n) is 9.77. The fourth-order valence-corrected chi connectivity index (χ4v) is 4.20. The van der Waals surface area contributed by atoms with Gasteiger partial charge in [0.2, 0.25) is 0 Å². The molecule has 0 bridgehead atoms. The van der Waals surface area contributed by atoms with Crippen LogP contribution in [0.15, 0.2) is 48.5 Å². The average molecular weight is 427 g/mol. The van der Waals surface area contributed by atoms with Crippen molar-refractivity contribution >= 4 is 22.4 Å². The van der Waals surface area contributed by atoms with Gasteiger partial charge in [0.25, 0.3) is 0 Å². The normalized spacial score (nSPS) is 12.0. The summed E-state index contributed by atoms with van der Waals surface area (Å²) in [7, 11) is 1.63. The number of nitrogens with zero attached hydrogens (tertiary/aromatic N) is 1. The zero-order valence-corrected chi connectivity index (χ0v) is 18.1. The lowest BCUT2D eigenvalue weighted by atomic mass is 9.99. The fourth-order valence-electron chi connectivity index (χ4n) is 3.20. The summed E-state index contributed by atoms with van der Waals surface area (Å²) in [5.41, 5.74) is 2.64. The molecule has 1 unspecified atom stereocenters. The molecule has 30 heavy (non-hydrogen) atoms. The molecule has 0 aliphatic carbocycles. The van der Waals surface area contributed by atoms with Crippen molar-refractivity contribution < 1.29 is 19.7 Å². The molecule has 0 saturated carbocycles. The zero-order chi connectivity index (χ0) is 21.7. The van der Waals surface area contributed by atoms with Crippen LogP contribution in [-0.4, -0.2) is 34.8 Å². The number of phenols is 1. The van der Waals surface area contributed by atoms with Gasteiger partial charge in [0, 0.05) is 17.0 Å². The van der Waals surface area contributed by atoms with Crippen molar-refractivity contribution in [2.45, 2.75) is 26.2 Å². The zero-order valence-electron chi connectivity index (χ0n) is 17.3. The quantitative estimate of drug-likeness (QED) is 0.446. The molecule has 3 N–H and O–H groups in total. The van der Waals surface area contributed by atoms with E-state index in [9.17, 15) is 15.0 Å². The summed E-state index contributed by atoms with van der Waals surface area (Å²) in [4.78, 5) is 17.6. The second kappa shape index (κ2) is 9.63. The third kappa shape index (κ3) is 5.30. The van der Waals surface area contributed by atoms with Crippen molar-refractivity contribution in [2.24, 2.45) is 5.92 Å². The van der Waals surface area contributed by atoms with Crippen molar-refractivity contribution in [2.75, 3.05) is 19.0 Å². The molecule has 2 aromatic carbocycles. The number of hydrogen-bond donors (Lipinski definition) is 3. The van der Waals surface area contributed by atoms with E-state index in [0.29, 0.717) is 11.6 Å². The maximum Gasteiger partial charge on any atom is 0.308 e. The minimum absolute atomic E-state index is 0.133. The van der Waals surface area contributed by atoms with Crippen LogP contribution in [0.5, 0.6) is 11.5 Å². The Morgan fingerprint density at radius 1 is 1.20 bits per heavy atom. The first-order chi connectivity index (χ1) is 14.4. The van der Waals surface area contributed by atoms with Crippen molar-refractivity contribution in [3.63, 3.8) is 0 Å². The number of hydrogen-bond acceptors (Lipinski definition) is 6. The number of phenolic OH excluding ortho intramolecular Hbond substituents is 1. The number of benzene rings is 2. The standard InChI is InChI=1S/C23H26N2O4S/c1-14(2)21-20(16-7-5-9-19(12-16)29-3)25-23(30-21)24-13-17(22(27)28)10-15-6-4-8-18(26)11-15/h4-9,11-12,14,17,26H,10,13H2,1-3H3,(H,24,25)(H,27,28). The Labute approximate surface area is 180 Å². The molecule has 0 spiro atoms. The van der Waals surface area contributed by atoms with Crippen LogP contribution in [0.2, 0.25) is 0 Å². The Morgan fingerprint density at radius 2 is 1.97 bits per heavy atom. The molecular formula is C23H26N2O4S. The largest absolute Gasteiger partial charge is 0.508 e. The van der Waals surface area contributed by atoms with Crippen LogP contribution in [0.1, 0.15) is 30.2 Å². The van der Waals surface area contributed by atoms with Gasteiger partial charge in [-0.3, -0.25) is 4.79 Å². The van der Waals surface area contributed by atoms with E-state index in [1.54, 1.807) is 36.6 Å². The Morgan fingerprint density at radius 3 is 2.63 bits per heavy atom. The average Bonchev–Trinajstić information content (AvgIpc) is 3.15. The summed E-state index contributed by atoms with van der Waals surface area (Å²) in [5, 5.41) is 23.2. The van der Waals surface area contributed by atoms with Crippen LogP contribution in [0.3, 0.4) is 0 Å². The summed E-state index contributed by atoms with van der Waals surface area (Å²) in [6, 6.07) is 14.5. The second-order valence-corrected chi connectivity index (χ2v) is 8.44. The topological polar surface area (TPSA) is 91.7 Å². The third-order valence-corrected chi connectivity index (χ3v) is 6.08. The van der Waals surface area contributed by atoms with E-state index in [2.05, 4.69) is 19.2 Å². The highest BCUT2D eigenvalue weighted by molar-refractivity contribution is 7.16. The van der Waals surface area contributed by atoms with E-state index in [1.165, 1.54) is 0 Å². The maximum atomic E-state index is 11.7. The molecule has 0 aliphatic rings. The van der Waals surface area contributed by atoms with Gasteiger partial charge in [0.1, 0.15) is 11.5 Å². The molecule has 0 saturated heterocycles. The van der Waals surface area contributed by atoms with E-state index in [-0.39, 0.29) is 18.2 Å². The number of aromatic hydroxyl groups is 1. The van der Waals surface area contributed by atoms with Gasteiger partial charge in [-0.2, -0.15) is 0 Å². The van der Waals surface area contributed by atoms with Crippen LogP contribution in [0.25, 0.3) is 11.3 Å². The summed E-state index contributed by atoms with van der Waals surface area (Å²) >= 11 is 1.54. The molecule has 1 aromatic heterocycles. The van der Waals surface area contributed by atoms with Gasteiger partial charge in [-0.15, -0.1) is 11.3 Å². The molecule has 0 fully saturated rings. The maximum absolute atomic E-state index is 11.7. The number of methoxy groups -OCH3 is 1. The Bertz CT molecular complexity index is 1020. The van der Waals surface area contributed by atoms with Crippen LogP contribution < -0.4 is 10.1 Å². The van der Waals surface area contributed by atoms with Crippen LogP contribution >= 0.6 is 11.3 Å². The monoisotopic (exact) mass is 426 g/mol. The lowest BCUT2D eigenvalue weighted by Gasteiger charge is -2.13. The second-order valence-electron chi connectivity index (χ2n) is 7.41. The highest BCUT2D eigenvalue weighted by Crippen LogP contribution is 2.37. The van der Waals surface area contributed by atoms with E-state index in [0.717, 1.165) is 27.4 Å². The summed E-state index contributed by atoms with van der Waals surface area (Å²) in [5.74, 6) is -0.351. The third-order valence-electron chi connectivity index (χ3n) is 4.76. The first-order valence-corrected chi connectivity index (χ1v) is 10.6. The van der Waals surface area contributed by atoms with E-state index >= 15 is 0 Å². The van der Waals surface area contributed by atoms with Crippen LogP contribution in [0.4, 0.5) is 5.13 Å². The summed E-state index contributed by atoms with van der Waals surface area (Å²) in [6.45, 7) is 4.47. The van der Waals surface area contributed by atoms with E-state index in [1.807, 2.05) is 30.3 Å². The molecule has 1 heterocycles. The van der Waals surface area contributed by atoms with Gasteiger partial charge in [0.15, 0.2) is 5.13 Å². The number of aliphatic carboxylic acids is 1. The summed E-state index contributed by atoms with van der Waals surface area (Å²) in [6.07, 6.45) is 0.321. The minimum atomic E-state index is -0.889. The van der Waals surface area contributed by atoms with Crippen molar-refractivity contribution in [1.29, 1.82) is 0 Å². The fraction of sp³-hybridized carbons (Fsp3) is 0.304. The molecule has 0 aliphatic heterocycles. The van der Waals surface area contributed by atoms with Gasteiger partial charge in [-0.25, -0.2) is 4.98 Å². The number of carboxylic acids is 1. The number of carboxylic acid groups (broad SMARTS) is 1. The molecule has 6 nitrogen and oxygen atoms in total. The summed E-state index contributed by atoms with van der Waals surface area (Å²) < 4.78 is 5.33. The number of nitrogens with one attached hydrogen (secondary N) is 1. The number of rotatable bonds is 9. The first kappa shape index (κ1) is 21.6. The molecule has 3 rings (SSSR count). The van der Waals surface area contributed by atoms with Crippen molar-refractivity contribution in [3.05, 3.63) is 59.0 Å². The molecular weight excluding hydrogens is 400 g/mol. The molecule has 1 atom stereocenters. The molecule has 0 radical (unpaired) electrons. The molecule has 3 aromatic rings. The van der Waals surface area contributed by atoms with Crippen LogP contribution in [-0.2, 0) is 11.2 Å². The number of thiazole rings is 1. The lowest BCUT2D eigenvalue weighted by Crippen LogP contribution is -2.25. The van der Waals surface area contributed by atoms with Gasteiger partial charge in [-0.05, 0) is 42.2 Å². The van der Waals surface area contributed by atoms with E-state index < -0.39 is 11.9 Å². The van der Waals surface area contributed by atoms with Gasteiger partial charge < -0.3 is 20.3 Å². The molecule has 158 valence electrons. The van der Waals surface area contributed by atoms with Gasteiger partial charge >= 0.3 is 5.97 Å². The van der Waals surface area contributed by atoms with Gasteiger partial charge in [0.05, 0.1) is 18.7 Å². The molecule has 0 amide bonds. The number of anilines is 1. The van der Waals surface area contributed by atoms with Crippen molar-refractivity contribution in [1.82, 2.24) is 4.98 Å². The van der Waals surface area contributed by atoms with Gasteiger partial charge in [-0.1, -0.05) is 38.1 Å². The predicted octanol–water partition coefficient (Wildman–Crippen LogP) is 5.00. The molecule has 7 heteroatoms. The number of aromatic nitrogens is 1. The predicted molar refractivity (Wildman–Crippen MR) is 120 cm³/mol.